The van der Waals surface area contributed by atoms with E-state index in [9.17, 15) is 9.59 Å². The summed E-state index contributed by atoms with van der Waals surface area (Å²) in [5.74, 6) is -0.0407. The Morgan fingerprint density at radius 3 is 2.91 bits per heavy atom. The molecule has 0 bridgehead atoms. The van der Waals surface area contributed by atoms with Crippen LogP contribution in [0.15, 0.2) is 4.79 Å². The van der Waals surface area contributed by atoms with Crippen molar-refractivity contribution in [3.05, 3.63) is 10.5 Å². The fourth-order valence-corrected chi connectivity index (χ4v) is 0.600. The van der Waals surface area contributed by atoms with Crippen LogP contribution < -0.4 is 5.69 Å². The Morgan fingerprint density at radius 2 is 2.45 bits per heavy atom. The standard InChI is InChI=1S/C5H8N4O2/c1-2-4(10)3-9-5(11)6-7-8-9/h2-3H2,1H3,(H,6,8,11). The summed E-state index contributed by atoms with van der Waals surface area (Å²) in [5.41, 5.74) is -0.452. The van der Waals surface area contributed by atoms with E-state index < -0.39 is 5.69 Å². The fraction of sp³-hybridized carbons (Fsp3) is 0.600. The van der Waals surface area contributed by atoms with Crippen LogP contribution in [0.5, 0.6) is 0 Å². The first-order valence-electron chi connectivity index (χ1n) is 3.24. The van der Waals surface area contributed by atoms with Crippen molar-refractivity contribution in [2.75, 3.05) is 0 Å². The second-order valence-corrected chi connectivity index (χ2v) is 2.06. The van der Waals surface area contributed by atoms with E-state index in [0.717, 1.165) is 4.68 Å². The molecule has 0 atom stereocenters. The summed E-state index contributed by atoms with van der Waals surface area (Å²) < 4.78 is 0.992. The van der Waals surface area contributed by atoms with Crippen LogP contribution in [0.1, 0.15) is 13.3 Å². The molecule has 0 spiro atoms. The van der Waals surface area contributed by atoms with Crippen LogP contribution in [0, 0.1) is 0 Å². The van der Waals surface area contributed by atoms with Gasteiger partial charge in [-0.3, -0.25) is 4.79 Å². The zero-order valence-corrected chi connectivity index (χ0v) is 6.07. The number of carbonyl (C=O) groups is 1. The highest BCUT2D eigenvalue weighted by atomic mass is 16.2. The summed E-state index contributed by atoms with van der Waals surface area (Å²) in [6, 6.07) is 0. The number of Topliss-reactive ketones (excluding diaryl/α,β-unsaturated/α-hetero) is 1. The molecule has 0 unspecified atom stereocenters. The minimum absolute atomic E-state index is 0.00579. The molecule has 0 aliphatic rings. The fourth-order valence-electron chi connectivity index (χ4n) is 0.600. The molecule has 6 heteroatoms. The molecule has 0 amide bonds. The minimum Gasteiger partial charge on any atom is -0.298 e. The van der Waals surface area contributed by atoms with Crippen LogP contribution in [-0.2, 0) is 11.3 Å². The molecule has 1 rings (SSSR count). The summed E-state index contributed by atoms with van der Waals surface area (Å²) in [5, 5.41) is 8.71. The number of nitrogens with one attached hydrogen (secondary N) is 1. The van der Waals surface area contributed by atoms with Gasteiger partial charge >= 0.3 is 5.69 Å². The molecule has 11 heavy (non-hydrogen) atoms. The number of rotatable bonds is 3. The lowest BCUT2D eigenvalue weighted by Crippen LogP contribution is -2.22. The molecule has 6 nitrogen and oxygen atoms in total. The van der Waals surface area contributed by atoms with Gasteiger partial charge in [0.05, 0.1) is 0 Å². The third-order valence-electron chi connectivity index (χ3n) is 1.25. The summed E-state index contributed by atoms with van der Waals surface area (Å²) in [4.78, 5) is 21.5. The first-order valence-corrected chi connectivity index (χ1v) is 3.24. The van der Waals surface area contributed by atoms with Crippen molar-refractivity contribution in [1.29, 1.82) is 0 Å². The van der Waals surface area contributed by atoms with Crippen LogP contribution in [0.25, 0.3) is 0 Å². The number of carbonyl (C=O) groups excluding carboxylic acids is 1. The van der Waals surface area contributed by atoms with Crippen LogP contribution in [0.4, 0.5) is 0 Å². The summed E-state index contributed by atoms with van der Waals surface area (Å²) in [7, 11) is 0. The monoisotopic (exact) mass is 156 g/mol. The Balaban J connectivity index is 2.72. The Morgan fingerprint density at radius 1 is 1.73 bits per heavy atom. The lowest BCUT2D eigenvalue weighted by Gasteiger charge is -1.92. The van der Waals surface area contributed by atoms with E-state index in [1.165, 1.54) is 0 Å². The van der Waals surface area contributed by atoms with Gasteiger partial charge in [0.1, 0.15) is 6.54 Å². The number of H-pyrrole nitrogens is 1. The SMILES string of the molecule is CCC(=O)Cn1nn[nH]c1=O. The van der Waals surface area contributed by atoms with Gasteiger partial charge in [-0.25, -0.2) is 9.89 Å². The van der Waals surface area contributed by atoms with Gasteiger partial charge < -0.3 is 0 Å². The maximum Gasteiger partial charge on any atom is 0.361 e. The summed E-state index contributed by atoms with van der Waals surface area (Å²) >= 11 is 0. The number of hydrogen-bond acceptors (Lipinski definition) is 4. The molecule has 1 N–H and O–H groups in total. The van der Waals surface area contributed by atoms with Crippen molar-refractivity contribution >= 4 is 5.78 Å². The Bertz CT molecular complexity index is 299. The van der Waals surface area contributed by atoms with Gasteiger partial charge in [0.25, 0.3) is 0 Å². The topological polar surface area (TPSA) is 80.6 Å². The lowest BCUT2D eigenvalue weighted by molar-refractivity contribution is -0.119. The van der Waals surface area contributed by atoms with Gasteiger partial charge in [0, 0.05) is 6.42 Å². The normalized spacial score (nSPS) is 9.91. The van der Waals surface area contributed by atoms with E-state index >= 15 is 0 Å². The number of tetrazole rings is 1. The van der Waals surface area contributed by atoms with Crippen molar-refractivity contribution in [2.45, 2.75) is 19.9 Å². The van der Waals surface area contributed by atoms with E-state index in [0.29, 0.717) is 6.42 Å². The van der Waals surface area contributed by atoms with Gasteiger partial charge in [-0.15, -0.1) is 0 Å². The Hall–Kier alpha value is -1.46. The van der Waals surface area contributed by atoms with Gasteiger partial charge in [-0.05, 0) is 10.4 Å². The smallest absolute Gasteiger partial charge is 0.298 e. The van der Waals surface area contributed by atoms with Crippen molar-refractivity contribution < 1.29 is 4.79 Å². The molecule has 0 fully saturated rings. The average Bonchev–Trinajstić information content (AvgIpc) is 2.37. The summed E-state index contributed by atoms with van der Waals surface area (Å²) in [6.45, 7) is 1.74. The zero-order valence-electron chi connectivity index (χ0n) is 6.07. The van der Waals surface area contributed by atoms with Crippen LogP contribution in [0.2, 0.25) is 0 Å². The van der Waals surface area contributed by atoms with Crippen molar-refractivity contribution in [2.24, 2.45) is 0 Å². The predicted molar refractivity (Wildman–Crippen MR) is 35.9 cm³/mol. The predicted octanol–water partition coefficient (Wildman–Crippen LogP) is -1.05. The number of aromatic amines is 1. The maximum absolute atomic E-state index is 10.8. The molecular weight excluding hydrogens is 148 g/mol. The van der Waals surface area contributed by atoms with E-state index in [-0.39, 0.29) is 12.3 Å². The molecule has 0 aliphatic heterocycles. The molecule has 0 saturated heterocycles. The van der Waals surface area contributed by atoms with E-state index in [2.05, 4.69) is 15.5 Å². The van der Waals surface area contributed by atoms with Gasteiger partial charge in [-0.1, -0.05) is 6.92 Å². The molecule has 1 aromatic heterocycles. The van der Waals surface area contributed by atoms with Crippen LogP contribution in [-0.4, -0.2) is 26.0 Å². The molecule has 0 radical (unpaired) electrons. The highest BCUT2D eigenvalue weighted by Gasteiger charge is 2.03. The van der Waals surface area contributed by atoms with Gasteiger partial charge in [0.2, 0.25) is 0 Å². The number of nitrogens with zero attached hydrogens (tertiary/aromatic N) is 3. The largest absolute Gasteiger partial charge is 0.361 e. The van der Waals surface area contributed by atoms with E-state index in [4.69, 9.17) is 0 Å². The maximum atomic E-state index is 10.8. The number of ketones is 1. The minimum atomic E-state index is -0.452. The molecule has 0 aliphatic carbocycles. The third kappa shape index (κ3) is 1.73. The van der Waals surface area contributed by atoms with E-state index in [1.807, 2.05) is 0 Å². The molecule has 60 valence electrons. The quantitative estimate of drug-likeness (QED) is 0.605. The van der Waals surface area contributed by atoms with Crippen LogP contribution in [0.3, 0.4) is 0 Å². The average molecular weight is 156 g/mol. The third-order valence-corrected chi connectivity index (χ3v) is 1.25. The van der Waals surface area contributed by atoms with E-state index in [1.54, 1.807) is 6.92 Å². The zero-order chi connectivity index (χ0) is 8.27. The first-order chi connectivity index (χ1) is 5.24. The molecular formula is C5H8N4O2. The van der Waals surface area contributed by atoms with Gasteiger partial charge in [0.15, 0.2) is 5.78 Å². The first kappa shape index (κ1) is 7.64. The lowest BCUT2D eigenvalue weighted by atomic mass is 10.3. The molecule has 1 heterocycles. The molecule has 0 saturated carbocycles. The number of hydrogen-bond donors (Lipinski definition) is 1. The number of aromatic nitrogens is 4. The Kier molecular flexibility index (Phi) is 2.15. The second-order valence-electron chi connectivity index (χ2n) is 2.06. The molecule has 0 aromatic carbocycles. The summed E-state index contributed by atoms with van der Waals surface area (Å²) in [6.07, 6.45) is 0.402. The molecule has 1 aromatic rings. The van der Waals surface area contributed by atoms with Crippen molar-refractivity contribution in [1.82, 2.24) is 20.2 Å². The Labute approximate surface area is 62.2 Å². The van der Waals surface area contributed by atoms with Crippen molar-refractivity contribution in [3.63, 3.8) is 0 Å². The highest BCUT2D eigenvalue weighted by molar-refractivity contribution is 5.77. The van der Waals surface area contributed by atoms with Gasteiger partial charge in [-0.2, -0.15) is 4.68 Å². The second kappa shape index (κ2) is 3.09. The highest BCUT2D eigenvalue weighted by Crippen LogP contribution is 1.81. The van der Waals surface area contributed by atoms with Crippen molar-refractivity contribution in [3.8, 4) is 0 Å². The van der Waals surface area contributed by atoms with Crippen LogP contribution >= 0.6 is 0 Å².